The fourth-order valence-electron chi connectivity index (χ4n) is 0.898. The van der Waals surface area contributed by atoms with Crippen molar-refractivity contribution in [3.8, 4) is 0 Å². The van der Waals surface area contributed by atoms with E-state index in [-0.39, 0.29) is 11.8 Å². The second-order valence-corrected chi connectivity index (χ2v) is 2.61. The van der Waals surface area contributed by atoms with Crippen molar-refractivity contribution in [3.05, 3.63) is 12.7 Å². The van der Waals surface area contributed by atoms with Crippen LogP contribution in [0.25, 0.3) is 0 Å². The van der Waals surface area contributed by atoms with Crippen LogP contribution in [0.5, 0.6) is 0 Å². The van der Waals surface area contributed by atoms with E-state index in [0.717, 1.165) is 6.42 Å². The van der Waals surface area contributed by atoms with Crippen molar-refractivity contribution in [2.75, 3.05) is 14.1 Å². The molecule has 0 saturated heterocycles. The lowest BCUT2D eigenvalue weighted by Gasteiger charge is -2.19. The molecule has 0 aliphatic rings. The molecule has 0 aliphatic carbocycles. The van der Waals surface area contributed by atoms with Crippen LogP contribution in [-0.4, -0.2) is 30.8 Å². The third-order valence-corrected chi connectivity index (χ3v) is 1.48. The summed E-state index contributed by atoms with van der Waals surface area (Å²) in [6, 6.07) is 0.0116. The third-order valence-electron chi connectivity index (χ3n) is 1.48. The van der Waals surface area contributed by atoms with E-state index in [0.29, 0.717) is 0 Å². The molecular formula is C8H15NO. The molecule has 0 aliphatic heterocycles. The second-order valence-electron chi connectivity index (χ2n) is 2.61. The summed E-state index contributed by atoms with van der Waals surface area (Å²) < 4.78 is 0. The first-order valence-electron chi connectivity index (χ1n) is 3.37. The lowest BCUT2D eigenvalue weighted by atomic mass is 10.1. The highest BCUT2D eigenvalue weighted by Gasteiger charge is 2.13. The number of ketones is 1. The number of carbonyl (C=O) groups is 1. The highest BCUT2D eigenvalue weighted by atomic mass is 16.1. The van der Waals surface area contributed by atoms with Crippen molar-refractivity contribution in [2.24, 2.45) is 0 Å². The third kappa shape index (κ3) is 2.78. The summed E-state index contributed by atoms with van der Waals surface area (Å²) >= 11 is 0. The average molecular weight is 141 g/mol. The van der Waals surface area contributed by atoms with Gasteiger partial charge >= 0.3 is 0 Å². The highest BCUT2D eigenvalue weighted by Crippen LogP contribution is 2.00. The highest BCUT2D eigenvalue weighted by molar-refractivity contribution is 5.81. The molecule has 1 unspecified atom stereocenters. The van der Waals surface area contributed by atoms with Gasteiger partial charge in [-0.2, -0.15) is 0 Å². The number of rotatable bonds is 4. The largest absolute Gasteiger partial charge is 0.300 e. The minimum atomic E-state index is 0.0116. The van der Waals surface area contributed by atoms with Crippen LogP contribution in [0.15, 0.2) is 12.7 Å². The molecule has 2 heteroatoms. The van der Waals surface area contributed by atoms with Gasteiger partial charge in [0, 0.05) is 0 Å². The Morgan fingerprint density at radius 1 is 1.70 bits per heavy atom. The van der Waals surface area contributed by atoms with Crippen LogP contribution in [0.3, 0.4) is 0 Å². The molecule has 0 N–H and O–H groups in total. The van der Waals surface area contributed by atoms with Crippen LogP contribution in [0.1, 0.15) is 13.3 Å². The van der Waals surface area contributed by atoms with Gasteiger partial charge < -0.3 is 0 Å². The first kappa shape index (κ1) is 9.37. The van der Waals surface area contributed by atoms with Gasteiger partial charge in [-0.15, -0.1) is 6.58 Å². The van der Waals surface area contributed by atoms with Gasteiger partial charge in [0.1, 0.15) is 5.78 Å². The van der Waals surface area contributed by atoms with Crippen LogP contribution in [-0.2, 0) is 4.79 Å². The van der Waals surface area contributed by atoms with Crippen molar-refractivity contribution < 1.29 is 4.79 Å². The molecular weight excluding hydrogens is 126 g/mol. The van der Waals surface area contributed by atoms with Gasteiger partial charge in [0.15, 0.2) is 0 Å². The maximum absolute atomic E-state index is 10.9. The zero-order chi connectivity index (χ0) is 8.15. The van der Waals surface area contributed by atoms with Crippen LogP contribution in [0.2, 0.25) is 0 Å². The predicted octanol–water partition coefficient (Wildman–Crippen LogP) is 1.08. The maximum atomic E-state index is 10.9. The van der Waals surface area contributed by atoms with Crippen molar-refractivity contribution in [1.82, 2.24) is 4.90 Å². The molecule has 0 bridgehead atoms. The van der Waals surface area contributed by atoms with E-state index in [1.807, 2.05) is 19.0 Å². The van der Waals surface area contributed by atoms with Crippen molar-refractivity contribution in [2.45, 2.75) is 19.4 Å². The second kappa shape index (κ2) is 4.23. The number of likely N-dealkylation sites (N-methyl/N-ethyl adjacent to an activating group) is 1. The van der Waals surface area contributed by atoms with E-state index >= 15 is 0 Å². The molecule has 0 saturated carbocycles. The van der Waals surface area contributed by atoms with E-state index < -0.39 is 0 Å². The zero-order valence-electron chi connectivity index (χ0n) is 6.92. The van der Waals surface area contributed by atoms with E-state index in [2.05, 4.69) is 6.58 Å². The molecule has 58 valence electrons. The van der Waals surface area contributed by atoms with E-state index in [9.17, 15) is 4.79 Å². The topological polar surface area (TPSA) is 20.3 Å². The lowest BCUT2D eigenvalue weighted by molar-refractivity contribution is -0.121. The SMILES string of the molecule is C=CCC(C(C)=O)N(C)C. The molecule has 10 heavy (non-hydrogen) atoms. The Hall–Kier alpha value is -0.630. The zero-order valence-corrected chi connectivity index (χ0v) is 6.92. The summed E-state index contributed by atoms with van der Waals surface area (Å²) in [7, 11) is 3.80. The maximum Gasteiger partial charge on any atom is 0.147 e. The van der Waals surface area contributed by atoms with Gasteiger partial charge in [-0.05, 0) is 27.4 Å². The van der Waals surface area contributed by atoms with Gasteiger partial charge in [0.05, 0.1) is 6.04 Å². The van der Waals surface area contributed by atoms with Crippen molar-refractivity contribution in [1.29, 1.82) is 0 Å². The molecule has 0 aromatic carbocycles. The van der Waals surface area contributed by atoms with E-state index in [4.69, 9.17) is 0 Å². The molecule has 0 aromatic heterocycles. The Kier molecular flexibility index (Phi) is 3.96. The Morgan fingerprint density at radius 3 is 2.30 bits per heavy atom. The Morgan fingerprint density at radius 2 is 2.20 bits per heavy atom. The molecule has 0 rings (SSSR count). The van der Waals surface area contributed by atoms with Crippen LogP contribution in [0.4, 0.5) is 0 Å². The first-order valence-corrected chi connectivity index (χ1v) is 3.37. The molecule has 0 radical (unpaired) electrons. The average Bonchev–Trinajstić information content (AvgIpc) is 1.81. The molecule has 0 heterocycles. The fraction of sp³-hybridized carbons (Fsp3) is 0.625. The number of nitrogens with zero attached hydrogens (tertiary/aromatic N) is 1. The van der Waals surface area contributed by atoms with Crippen molar-refractivity contribution >= 4 is 5.78 Å². The minimum absolute atomic E-state index is 0.0116. The van der Waals surface area contributed by atoms with Crippen molar-refractivity contribution in [3.63, 3.8) is 0 Å². The Balaban J connectivity index is 3.97. The molecule has 0 fully saturated rings. The van der Waals surface area contributed by atoms with Gasteiger partial charge in [-0.1, -0.05) is 6.08 Å². The van der Waals surface area contributed by atoms with Crippen LogP contribution < -0.4 is 0 Å². The molecule has 0 amide bonds. The number of carbonyl (C=O) groups excluding carboxylic acids is 1. The summed E-state index contributed by atoms with van der Waals surface area (Å²) in [5, 5.41) is 0. The molecule has 0 aromatic rings. The Bertz CT molecular complexity index is 129. The van der Waals surface area contributed by atoms with Crippen LogP contribution in [0, 0.1) is 0 Å². The molecule has 1 atom stereocenters. The predicted molar refractivity (Wildman–Crippen MR) is 43.0 cm³/mol. The normalized spacial score (nSPS) is 13.2. The quantitative estimate of drug-likeness (QED) is 0.546. The first-order chi connectivity index (χ1) is 4.59. The van der Waals surface area contributed by atoms with Gasteiger partial charge in [-0.3, -0.25) is 9.69 Å². The Labute approximate surface area is 62.5 Å². The van der Waals surface area contributed by atoms with E-state index in [1.165, 1.54) is 0 Å². The van der Waals surface area contributed by atoms with Gasteiger partial charge in [0.25, 0.3) is 0 Å². The van der Waals surface area contributed by atoms with Gasteiger partial charge in [0.2, 0.25) is 0 Å². The van der Waals surface area contributed by atoms with E-state index in [1.54, 1.807) is 13.0 Å². The number of Topliss-reactive ketones (excluding diaryl/α,β-unsaturated/α-hetero) is 1. The summed E-state index contributed by atoms with van der Waals surface area (Å²) in [6.07, 6.45) is 2.51. The minimum Gasteiger partial charge on any atom is -0.300 e. The standard InChI is InChI=1S/C8H15NO/c1-5-6-8(7(2)10)9(3)4/h5,8H,1,6H2,2-4H3. The van der Waals surface area contributed by atoms with Gasteiger partial charge in [-0.25, -0.2) is 0 Å². The molecule has 0 spiro atoms. The molecule has 2 nitrogen and oxygen atoms in total. The lowest BCUT2D eigenvalue weighted by Crippen LogP contribution is -2.33. The smallest absolute Gasteiger partial charge is 0.147 e. The fourth-order valence-corrected chi connectivity index (χ4v) is 0.898. The number of hydrogen-bond acceptors (Lipinski definition) is 2. The summed E-state index contributed by atoms with van der Waals surface area (Å²) in [5.74, 6) is 0.199. The van der Waals surface area contributed by atoms with Crippen LogP contribution >= 0.6 is 0 Å². The summed E-state index contributed by atoms with van der Waals surface area (Å²) in [4.78, 5) is 12.8. The summed E-state index contributed by atoms with van der Waals surface area (Å²) in [5.41, 5.74) is 0. The summed E-state index contributed by atoms with van der Waals surface area (Å²) in [6.45, 7) is 5.19. The monoisotopic (exact) mass is 141 g/mol. The number of hydrogen-bond donors (Lipinski definition) is 0.